The fraction of sp³-hybridized carbons (Fsp3) is 0.476. The number of pyridine rings is 1. The van der Waals surface area contributed by atoms with E-state index < -0.39 is 0 Å². The second-order valence-corrected chi connectivity index (χ2v) is 34.6. The molecule has 8 aromatic carbocycles. The number of hydrogen-bond acceptors (Lipinski definition) is 4. The first kappa shape index (κ1) is 102. The van der Waals surface area contributed by atoms with Crippen molar-refractivity contribution in [2.24, 2.45) is 11.8 Å². The maximum absolute atomic E-state index is 12.4. The van der Waals surface area contributed by atoms with Crippen LogP contribution in [0.3, 0.4) is 0 Å². The lowest BCUT2D eigenvalue weighted by Gasteiger charge is -2.19. The summed E-state index contributed by atoms with van der Waals surface area (Å²) in [6, 6.07) is 66.7. The predicted molar refractivity (Wildman–Crippen MR) is 486 cm³/mol. The normalized spacial score (nSPS) is 10.7. The molecule has 600 valence electrons. The highest BCUT2D eigenvalue weighted by atomic mass is 79.9. The van der Waals surface area contributed by atoms with E-state index in [0.717, 1.165) is 39.0 Å². The Morgan fingerprint density at radius 1 is 0.422 bits per heavy atom. The van der Waals surface area contributed by atoms with Crippen molar-refractivity contribution >= 4 is 26.8 Å². The van der Waals surface area contributed by atoms with Crippen LogP contribution in [0.15, 0.2) is 209 Å². The van der Waals surface area contributed by atoms with Crippen LogP contribution in [-0.4, -0.2) is 17.3 Å². The van der Waals surface area contributed by atoms with Gasteiger partial charge in [-0.2, -0.15) is 0 Å². The van der Waals surface area contributed by atoms with Crippen LogP contribution in [0.5, 0.6) is 5.75 Å². The fourth-order valence-corrected chi connectivity index (χ4v) is 11.5. The van der Waals surface area contributed by atoms with Crippen molar-refractivity contribution in [2.45, 2.75) is 306 Å². The Hall–Kier alpha value is -7.41. The Labute approximate surface area is 677 Å². The largest absolute Gasteiger partial charge is 0.496 e. The summed E-state index contributed by atoms with van der Waals surface area (Å²) in [5, 5.41) is 5.09. The molecule has 0 atom stereocenters. The van der Waals surface area contributed by atoms with Crippen molar-refractivity contribution in [3.63, 3.8) is 0 Å². The average Bonchev–Trinajstić information content (AvgIpc) is 1.65. The number of fused-ring (bicyclic) bond motifs is 1. The van der Waals surface area contributed by atoms with Crippen LogP contribution in [-0.2, 0) is 5.41 Å². The minimum Gasteiger partial charge on any atom is -0.496 e. The van der Waals surface area contributed by atoms with Gasteiger partial charge in [-0.05, 0) is 210 Å². The molecule has 0 fully saturated rings. The maximum Gasteiger partial charge on any atom is 0.137 e. The first-order valence-corrected chi connectivity index (χ1v) is 41.5. The van der Waals surface area contributed by atoms with Crippen LogP contribution in [0.25, 0.3) is 10.9 Å². The van der Waals surface area contributed by atoms with E-state index in [-0.39, 0.29) is 11.2 Å². The molecule has 2 aromatic heterocycles. The molecule has 0 saturated carbocycles. The minimum atomic E-state index is -0.163. The predicted octanol–water partition coefficient (Wildman–Crippen LogP) is 33.4. The second-order valence-electron chi connectivity index (χ2n) is 33.7. The molecule has 0 aliphatic carbocycles. The third-order valence-corrected chi connectivity index (χ3v) is 18.4. The van der Waals surface area contributed by atoms with Crippen LogP contribution < -0.4 is 4.74 Å². The van der Waals surface area contributed by atoms with Crippen LogP contribution in [0.1, 0.15) is 349 Å². The Bertz CT molecular complexity index is 3840. The van der Waals surface area contributed by atoms with Gasteiger partial charge < -0.3 is 9.26 Å². The number of rotatable bonds is 13. The quantitative estimate of drug-likeness (QED) is 0.115. The summed E-state index contributed by atoms with van der Waals surface area (Å²) < 4.78 is 23.7. The van der Waals surface area contributed by atoms with Crippen LogP contribution in [0.4, 0.5) is 4.39 Å². The van der Waals surface area contributed by atoms with Gasteiger partial charge in [-0.25, -0.2) is 4.39 Å². The number of methoxy groups -OCH3 is 1. The second kappa shape index (κ2) is 55.1. The fourth-order valence-electron chi connectivity index (χ4n) is 11.2. The lowest BCUT2D eigenvalue weighted by molar-refractivity contribution is 0.392. The number of para-hydroxylation sites is 1. The monoisotopic (exact) mass is 1550 g/mol. The third-order valence-electron chi connectivity index (χ3n) is 17.9. The molecule has 0 bridgehead atoms. The summed E-state index contributed by atoms with van der Waals surface area (Å²) in [5.41, 5.74) is 21.4. The summed E-state index contributed by atoms with van der Waals surface area (Å²) in [7, 11) is 1.71. The Balaban J connectivity index is 0.00000119. The van der Waals surface area contributed by atoms with E-state index in [1.165, 1.54) is 115 Å². The minimum absolute atomic E-state index is 0.163. The Kier molecular flexibility index (Phi) is 51.3. The van der Waals surface area contributed by atoms with Gasteiger partial charge in [0.2, 0.25) is 0 Å². The van der Waals surface area contributed by atoms with Crippen molar-refractivity contribution in [2.75, 3.05) is 7.11 Å². The first-order valence-electron chi connectivity index (χ1n) is 40.7. The van der Waals surface area contributed by atoms with Gasteiger partial charge in [-0.3, -0.25) is 4.98 Å². The van der Waals surface area contributed by atoms with E-state index in [4.69, 9.17) is 9.26 Å². The molecular weight excluding hydrogens is 1400 g/mol. The molecule has 0 aliphatic rings. The maximum atomic E-state index is 12.4. The molecule has 0 saturated heterocycles. The molecular formula is C103H152BrFN2O2. The van der Waals surface area contributed by atoms with Gasteiger partial charge in [0.15, 0.2) is 0 Å². The molecule has 0 unspecified atom stereocenters. The summed E-state index contributed by atoms with van der Waals surface area (Å²) in [5.74, 6) is 8.85. The smallest absolute Gasteiger partial charge is 0.137 e. The lowest BCUT2D eigenvalue weighted by atomic mass is 9.86. The number of halogens is 2. The summed E-state index contributed by atoms with van der Waals surface area (Å²) >= 11 is 3.39. The molecule has 0 spiro atoms. The highest BCUT2D eigenvalue weighted by molar-refractivity contribution is 9.10. The Morgan fingerprint density at radius 2 is 0.844 bits per heavy atom. The molecule has 6 heteroatoms. The van der Waals surface area contributed by atoms with E-state index in [2.05, 4.69) is 398 Å². The lowest BCUT2D eigenvalue weighted by Crippen LogP contribution is -2.10. The Morgan fingerprint density at radius 3 is 1.21 bits per heavy atom. The zero-order valence-corrected chi connectivity index (χ0v) is 76.6. The van der Waals surface area contributed by atoms with E-state index >= 15 is 0 Å². The van der Waals surface area contributed by atoms with Crippen molar-refractivity contribution in [1.29, 1.82) is 0 Å². The van der Waals surface area contributed by atoms with Gasteiger partial charge >= 0.3 is 0 Å². The van der Waals surface area contributed by atoms with Gasteiger partial charge in [0.25, 0.3) is 0 Å². The van der Waals surface area contributed by atoms with E-state index in [0.29, 0.717) is 53.3 Å². The standard InChI is InChI=1S/C13H20.C12H13N.C11H16O.C11H16.C10H14.C9H11Br.C9H11F.C9H12.C8H13NO.C7H16.C4H10/c1-10(2)11-6-8-12(9-7-11)13(3,4)5;1-9(2)11-7-3-5-10-6-4-8-13-12(10)11;1-8(2)10-6-5-9(3)11(7-10)12-4;1-8(2)11-6-9(3)5-10(4)7-11;1-8(2)10-7-5-4-6-9(10)3;2*1-7(2)8-3-5-9(10)6-4-8;1-8(2)9-6-4-3-5-7-9;1-5(2)8-6(3)9-10-7(8)4;1-4-5-6-7(2)3;1-4(2)3/h6-10H,1-5H3;3-9H,1-2H3;5-8H,1-4H3;5-8H,1-4H3;4-8H,1-3H3;2*3-7H,1-2H3;3-8H,1-2H3;5H,1-4H3;7H,4-6H2,1-3H3;4H,1-3H3. The number of ether oxygens (including phenoxy) is 1. The van der Waals surface area contributed by atoms with Gasteiger partial charge in [0.1, 0.15) is 17.3 Å². The number of aromatic nitrogens is 2. The molecule has 4 nitrogen and oxygen atoms in total. The summed E-state index contributed by atoms with van der Waals surface area (Å²) in [4.78, 5) is 4.40. The molecule has 0 aliphatic heterocycles. The van der Waals surface area contributed by atoms with Crippen LogP contribution in [0.2, 0.25) is 0 Å². The zero-order chi connectivity index (χ0) is 83.3. The van der Waals surface area contributed by atoms with Crippen LogP contribution in [0, 0.1) is 59.2 Å². The van der Waals surface area contributed by atoms with E-state index in [1.807, 2.05) is 44.3 Å². The van der Waals surface area contributed by atoms with E-state index in [1.54, 1.807) is 7.11 Å². The van der Waals surface area contributed by atoms with Crippen LogP contribution >= 0.6 is 15.9 Å². The number of aryl methyl sites for hydroxylation is 6. The number of benzene rings is 8. The molecule has 109 heavy (non-hydrogen) atoms. The van der Waals surface area contributed by atoms with Crippen molar-refractivity contribution in [3.05, 3.63) is 300 Å². The number of unbranched alkanes of at least 4 members (excludes halogenated alkanes) is 1. The number of nitrogens with zero attached hydrogens (tertiary/aromatic N) is 2. The van der Waals surface area contributed by atoms with Gasteiger partial charge in [0, 0.05) is 21.6 Å². The van der Waals surface area contributed by atoms with Gasteiger partial charge in [-0.15, -0.1) is 0 Å². The highest BCUT2D eigenvalue weighted by Gasteiger charge is 2.14. The SMILES string of the molecule is CC(C)C.CC(C)c1ccc(Br)cc1.CC(C)c1ccc(C(C)(C)C)cc1.CC(C)c1ccc(F)cc1.CC(C)c1cccc2cccnc12.CC(C)c1ccccc1.CCCCC(C)C.COc1cc(C(C)C)ccc1C.Cc1cc(C)cc(C(C)C)c1.Cc1ccccc1C(C)C.Cc1noc(C)c1C(C)C. The average molecular weight is 1550 g/mol. The zero-order valence-electron chi connectivity index (χ0n) is 75.0. The van der Waals surface area contributed by atoms with Crippen molar-refractivity contribution < 1.29 is 13.7 Å². The summed E-state index contributed by atoms with van der Waals surface area (Å²) in [6.07, 6.45) is 6.00. The number of hydrogen-bond donors (Lipinski definition) is 0. The van der Waals surface area contributed by atoms with Crippen molar-refractivity contribution in [1.82, 2.24) is 10.1 Å². The molecule has 0 radical (unpaired) electrons. The van der Waals surface area contributed by atoms with Crippen molar-refractivity contribution in [3.8, 4) is 5.75 Å². The van der Waals surface area contributed by atoms with E-state index in [9.17, 15) is 4.39 Å². The van der Waals surface area contributed by atoms with Gasteiger partial charge in [-0.1, -0.05) is 396 Å². The summed E-state index contributed by atoms with van der Waals surface area (Å²) in [6.45, 7) is 71.9. The molecule has 10 rings (SSSR count). The topological polar surface area (TPSA) is 48.2 Å². The third kappa shape index (κ3) is 44.3. The molecule has 0 N–H and O–H groups in total. The molecule has 10 aromatic rings. The highest BCUT2D eigenvalue weighted by Crippen LogP contribution is 2.28. The first-order chi connectivity index (χ1) is 51.0. The van der Waals surface area contributed by atoms with Gasteiger partial charge in [0.05, 0.1) is 18.3 Å². The molecule has 2 heterocycles. The molecule has 0 amide bonds.